The first-order valence-corrected chi connectivity index (χ1v) is 9.22. The number of hydrogen-bond donors (Lipinski definition) is 2. The highest BCUT2D eigenvalue weighted by molar-refractivity contribution is 5.94. The zero-order chi connectivity index (χ0) is 19.9. The molecule has 0 saturated heterocycles. The van der Waals surface area contributed by atoms with Crippen molar-refractivity contribution in [3.63, 3.8) is 0 Å². The molecule has 29 heavy (non-hydrogen) atoms. The molecule has 8 nitrogen and oxygen atoms in total. The van der Waals surface area contributed by atoms with E-state index in [1.54, 1.807) is 36.7 Å². The van der Waals surface area contributed by atoms with Crippen molar-refractivity contribution < 1.29 is 9.53 Å². The molecule has 0 atom stereocenters. The first kappa shape index (κ1) is 18.4. The molecule has 0 aliphatic carbocycles. The van der Waals surface area contributed by atoms with Crippen molar-refractivity contribution >= 4 is 17.5 Å². The number of ether oxygens (including phenoxy) is 1. The lowest BCUT2D eigenvalue weighted by Crippen LogP contribution is -2.29. The number of imidazole rings is 1. The standard InChI is InChI=1S/C21H20N6O2/c28-20(22-10-11-25-21-23-8-4-9-24-21)16-5-3-6-18(13-16)29-15-17-14-27-12-2-1-7-19(27)26-17/h1-9,12-14H,10-11,15H2,(H,22,28)(H,23,24,25). The number of fused-ring (bicyclic) bond motifs is 1. The number of benzene rings is 1. The molecule has 0 saturated carbocycles. The Bertz CT molecular complexity index is 1060. The lowest BCUT2D eigenvalue weighted by Gasteiger charge is -2.08. The highest BCUT2D eigenvalue weighted by Gasteiger charge is 2.07. The fourth-order valence-corrected chi connectivity index (χ4v) is 2.78. The summed E-state index contributed by atoms with van der Waals surface area (Å²) in [6, 6.07) is 14.7. The van der Waals surface area contributed by atoms with E-state index in [1.165, 1.54) is 0 Å². The zero-order valence-corrected chi connectivity index (χ0v) is 15.7. The monoisotopic (exact) mass is 388 g/mol. The van der Waals surface area contributed by atoms with Gasteiger partial charge in [-0.15, -0.1) is 0 Å². The van der Waals surface area contributed by atoms with Gasteiger partial charge in [-0.2, -0.15) is 0 Å². The first-order chi connectivity index (χ1) is 14.3. The summed E-state index contributed by atoms with van der Waals surface area (Å²) in [5, 5.41) is 5.90. The van der Waals surface area contributed by atoms with Crippen LogP contribution in [0.15, 0.2) is 73.3 Å². The molecule has 4 rings (SSSR count). The molecule has 3 aromatic heterocycles. The Hall–Kier alpha value is -3.94. The fraction of sp³-hybridized carbons (Fsp3) is 0.143. The fourth-order valence-electron chi connectivity index (χ4n) is 2.78. The van der Waals surface area contributed by atoms with Gasteiger partial charge in [0.05, 0.1) is 5.69 Å². The van der Waals surface area contributed by atoms with Crippen LogP contribution in [0, 0.1) is 0 Å². The SMILES string of the molecule is O=C(NCCNc1ncccn1)c1cccc(OCc2cn3ccccc3n2)c1. The minimum absolute atomic E-state index is 0.168. The molecule has 4 aromatic rings. The summed E-state index contributed by atoms with van der Waals surface area (Å²) in [5.74, 6) is 0.980. The van der Waals surface area contributed by atoms with Gasteiger partial charge >= 0.3 is 0 Å². The molecule has 3 heterocycles. The number of carbonyl (C=O) groups excluding carboxylic acids is 1. The Kier molecular flexibility index (Phi) is 5.61. The second-order valence-corrected chi connectivity index (χ2v) is 6.27. The Labute approximate surface area is 167 Å². The molecule has 0 spiro atoms. The van der Waals surface area contributed by atoms with Crippen molar-refractivity contribution in [1.82, 2.24) is 24.7 Å². The Balaban J connectivity index is 1.28. The van der Waals surface area contributed by atoms with Crippen molar-refractivity contribution in [2.75, 3.05) is 18.4 Å². The van der Waals surface area contributed by atoms with Crippen molar-refractivity contribution in [3.8, 4) is 5.75 Å². The quantitative estimate of drug-likeness (QED) is 0.451. The van der Waals surface area contributed by atoms with Gasteiger partial charge in [-0.05, 0) is 36.4 Å². The van der Waals surface area contributed by atoms with E-state index in [1.807, 2.05) is 41.1 Å². The third kappa shape index (κ3) is 4.86. The van der Waals surface area contributed by atoms with E-state index in [9.17, 15) is 4.79 Å². The van der Waals surface area contributed by atoms with E-state index in [0.717, 1.165) is 11.3 Å². The van der Waals surface area contributed by atoms with E-state index in [2.05, 4.69) is 25.6 Å². The summed E-state index contributed by atoms with van der Waals surface area (Å²) in [6.45, 7) is 1.30. The van der Waals surface area contributed by atoms with Gasteiger partial charge < -0.3 is 19.8 Å². The average Bonchev–Trinajstić information content (AvgIpc) is 3.19. The number of carbonyl (C=O) groups is 1. The summed E-state index contributed by atoms with van der Waals surface area (Å²) in [4.78, 5) is 25.0. The Morgan fingerprint density at radius 3 is 2.79 bits per heavy atom. The molecule has 0 fully saturated rings. The van der Waals surface area contributed by atoms with Crippen LogP contribution in [0.4, 0.5) is 5.95 Å². The summed E-state index contributed by atoms with van der Waals surface area (Å²) < 4.78 is 7.75. The van der Waals surface area contributed by atoms with Gasteiger partial charge in [0.25, 0.3) is 5.91 Å². The number of pyridine rings is 1. The van der Waals surface area contributed by atoms with Crippen molar-refractivity contribution in [2.24, 2.45) is 0 Å². The largest absolute Gasteiger partial charge is 0.487 e. The maximum Gasteiger partial charge on any atom is 0.251 e. The number of nitrogens with zero attached hydrogens (tertiary/aromatic N) is 4. The van der Waals surface area contributed by atoms with Crippen LogP contribution in [0.5, 0.6) is 5.75 Å². The number of amides is 1. The highest BCUT2D eigenvalue weighted by atomic mass is 16.5. The van der Waals surface area contributed by atoms with Gasteiger partial charge in [0.1, 0.15) is 18.0 Å². The molecule has 0 aliphatic heterocycles. The number of hydrogen-bond acceptors (Lipinski definition) is 6. The molecule has 0 unspecified atom stereocenters. The van der Waals surface area contributed by atoms with Gasteiger partial charge in [-0.1, -0.05) is 12.1 Å². The third-order valence-electron chi connectivity index (χ3n) is 4.16. The predicted octanol–water partition coefficient (Wildman–Crippen LogP) is 2.55. The Morgan fingerprint density at radius 2 is 1.93 bits per heavy atom. The van der Waals surface area contributed by atoms with Gasteiger partial charge in [0.2, 0.25) is 5.95 Å². The maximum absolute atomic E-state index is 12.4. The molecule has 0 radical (unpaired) electrons. The molecule has 0 aliphatic rings. The van der Waals surface area contributed by atoms with Crippen LogP contribution in [0.1, 0.15) is 16.1 Å². The predicted molar refractivity (Wildman–Crippen MR) is 109 cm³/mol. The molecular weight excluding hydrogens is 368 g/mol. The van der Waals surface area contributed by atoms with Crippen LogP contribution in [0.25, 0.3) is 5.65 Å². The minimum atomic E-state index is -0.168. The lowest BCUT2D eigenvalue weighted by molar-refractivity contribution is 0.0954. The number of nitrogens with one attached hydrogen (secondary N) is 2. The second kappa shape index (κ2) is 8.83. The number of anilines is 1. The van der Waals surface area contributed by atoms with Crippen LogP contribution in [0.3, 0.4) is 0 Å². The van der Waals surface area contributed by atoms with Gasteiger partial charge in [0.15, 0.2) is 0 Å². The normalized spacial score (nSPS) is 10.6. The topological polar surface area (TPSA) is 93.4 Å². The van der Waals surface area contributed by atoms with Gasteiger partial charge in [0, 0.05) is 43.4 Å². The Morgan fingerprint density at radius 1 is 1.03 bits per heavy atom. The second-order valence-electron chi connectivity index (χ2n) is 6.27. The summed E-state index contributed by atoms with van der Waals surface area (Å²) >= 11 is 0. The van der Waals surface area contributed by atoms with Crippen LogP contribution in [0.2, 0.25) is 0 Å². The summed E-state index contributed by atoms with van der Waals surface area (Å²) in [7, 11) is 0. The van der Waals surface area contributed by atoms with E-state index in [0.29, 0.717) is 37.0 Å². The van der Waals surface area contributed by atoms with E-state index < -0.39 is 0 Å². The summed E-state index contributed by atoms with van der Waals surface area (Å²) in [6.07, 6.45) is 7.18. The highest BCUT2D eigenvalue weighted by Crippen LogP contribution is 2.15. The molecule has 1 aromatic carbocycles. The zero-order valence-electron chi connectivity index (χ0n) is 15.7. The van der Waals surface area contributed by atoms with Gasteiger partial charge in [-0.3, -0.25) is 4.79 Å². The molecule has 1 amide bonds. The maximum atomic E-state index is 12.4. The van der Waals surface area contributed by atoms with Crippen LogP contribution < -0.4 is 15.4 Å². The van der Waals surface area contributed by atoms with Crippen molar-refractivity contribution in [2.45, 2.75) is 6.61 Å². The molecule has 2 N–H and O–H groups in total. The van der Waals surface area contributed by atoms with Gasteiger partial charge in [-0.25, -0.2) is 15.0 Å². The molecular formula is C21H20N6O2. The van der Waals surface area contributed by atoms with E-state index in [4.69, 9.17) is 4.74 Å². The smallest absolute Gasteiger partial charge is 0.251 e. The number of aromatic nitrogens is 4. The van der Waals surface area contributed by atoms with E-state index >= 15 is 0 Å². The molecule has 0 bridgehead atoms. The van der Waals surface area contributed by atoms with Crippen LogP contribution >= 0.6 is 0 Å². The average molecular weight is 388 g/mol. The number of rotatable bonds is 8. The summed E-state index contributed by atoms with van der Waals surface area (Å²) in [5.41, 5.74) is 2.22. The molecule has 146 valence electrons. The first-order valence-electron chi connectivity index (χ1n) is 9.22. The van der Waals surface area contributed by atoms with Crippen LogP contribution in [-0.2, 0) is 6.61 Å². The van der Waals surface area contributed by atoms with Crippen molar-refractivity contribution in [3.05, 3.63) is 84.6 Å². The van der Waals surface area contributed by atoms with E-state index in [-0.39, 0.29) is 5.91 Å². The molecule has 8 heteroatoms. The third-order valence-corrected chi connectivity index (χ3v) is 4.16. The van der Waals surface area contributed by atoms with Crippen molar-refractivity contribution in [1.29, 1.82) is 0 Å². The minimum Gasteiger partial charge on any atom is -0.487 e. The van der Waals surface area contributed by atoms with Crippen LogP contribution in [-0.4, -0.2) is 38.3 Å². The lowest BCUT2D eigenvalue weighted by atomic mass is 10.2.